The SMILES string of the molecule is O=C(CCNC1CC1)NCc1cc(Cl)ccc1N1CCOCC1. The number of hydrogen-bond acceptors (Lipinski definition) is 4. The van der Waals surface area contributed by atoms with Gasteiger partial charge in [-0.2, -0.15) is 0 Å². The van der Waals surface area contributed by atoms with E-state index >= 15 is 0 Å². The predicted octanol–water partition coefficient (Wildman–Crippen LogP) is 1.93. The molecule has 1 saturated heterocycles. The van der Waals surface area contributed by atoms with Gasteiger partial charge >= 0.3 is 0 Å². The summed E-state index contributed by atoms with van der Waals surface area (Å²) in [6.07, 6.45) is 3.00. The van der Waals surface area contributed by atoms with Crippen molar-refractivity contribution in [3.8, 4) is 0 Å². The molecular weight excluding hydrogens is 314 g/mol. The maximum absolute atomic E-state index is 12.0. The number of nitrogens with one attached hydrogen (secondary N) is 2. The average Bonchev–Trinajstić information content (AvgIpc) is 3.38. The van der Waals surface area contributed by atoms with Gasteiger partial charge in [-0.3, -0.25) is 4.79 Å². The fraction of sp³-hybridized carbons (Fsp3) is 0.588. The van der Waals surface area contributed by atoms with Crippen LogP contribution in [0.25, 0.3) is 0 Å². The van der Waals surface area contributed by atoms with E-state index < -0.39 is 0 Å². The maximum atomic E-state index is 12.0. The molecule has 0 atom stereocenters. The lowest BCUT2D eigenvalue weighted by molar-refractivity contribution is -0.121. The number of hydrogen-bond donors (Lipinski definition) is 2. The largest absolute Gasteiger partial charge is 0.378 e. The fourth-order valence-electron chi connectivity index (χ4n) is 2.77. The van der Waals surface area contributed by atoms with Crippen LogP contribution in [-0.4, -0.2) is 44.8 Å². The highest BCUT2D eigenvalue weighted by Crippen LogP contribution is 2.25. The topological polar surface area (TPSA) is 53.6 Å². The van der Waals surface area contributed by atoms with Crippen molar-refractivity contribution in [3.05, 3.63) is 28.8 Å². The normalized spacial score (nSPS) is 18.0. The Labute approximate surface area is 142 Å². The summed E-state index contributed by atoms with van der Waals surface area (Å²) in [5, 5.41) is 7.05. The lowest BCUT2D eigenvalue weighted by Gasteiger charge is -2.30. The van der Waals surface area contributed by atoms with Gasteiger partial charge in [0.15, 0.2) is 0 Å². The van der Waals surface area contributed by atoms with E-state index in [-0.39, 0.29) is 5.91 Å². The standard InChI is InChI=1S/C17H24ClN3O2/c18-14-1-4-16(21-7-9-23-10-8-21)13(11-14)12-20-17(22)5-6-19-15-2-3-15/h1,4,11,15,19H,2-3,5-10,12H2,(H,20,22). The molecule has 1 aliphatic heterocycles. The first kappa shape index (κ1) is 16.6. The van der Waals surface area contributed by atoms with Crippen LogP contribution in [0.15, 0.2) is 18.2 Å². The number of amides is 1. The lowest BCUT2D eigenvalue weighted by atomic mass is 10.1. The summed E-state index contributed by atoms with van der Waals surface area (Å²) in [5.41, 5.74) is 2.19. The third-order valence-corrected chi connectivity index (χ3v) is 4.47. The summed E-state index contributed by atoms with van der Waals surface area (Å²) in [4.78, 5) is 14.3. The van der Waals surface area contributed by atoms with Crippen LogP contribution in [0.2, 0.25) is 5.02 Å². The molecule has 1 amide bonds. The van der Waals surface area contributed by atoms with Crippen molar-refractivity contribution >= 4 is 23.2 Å². The summed E-state index contributed by atoms with van der Waals surface area (Å²) >= 11 is 6.13. The number of benzene rings is 1. The minimum atomic E-state index is 0.0750. The van der Waals surface area contributed by atoms with Crippen LogP contribution in [0.3, 0.4) is 0 Å². The first-order valence-corrected chi connectivity index (χ1v) is 8.71. The van der Waals surface area contributed by atoms with E-state index in [2.05, 4.69) is 15.5 Å². The molecule has 1 heterocycles. The number of anilines is 1. The molecule has 2 N–H and O–H groups in total. The molecule has 0 spiro atoms. The molecule has 6 heteroatoms. The van der Waals surface area contributed by atoms with E-state index in [4.69, 9.17) is 16.3 Å². The quantitative estimate of drug-likeness (QED) is 0.798. The fourth-order valence-corrected chi connectivity index (χ4v) is 2.96. The molecule has 0 aromatic heterocycles. The van der Waals surface area contributed by atoms with Crippen molar-refractivity contribution in [1.29, 1.82) is 0 Å². The highest BCUT2D eigenvalue weighted by molar-refractivity contribution is 6.30. The van der Waals surface area contributed by atoms with E-state index in [0.29, 0.717) is 24.0 Å². The van der Waals surface area contributed by atoms with E-state index in [1.165, 1.54) is 12.8 Å². The molecule has 0 bridgehead atoms. The number of rotatable bonds is 7. The lowest BCUT2D eigenvalue weighted by Crippen LogP contribution is -2.37. The first-order chi connectivity index (χ1) is 11.2. The molecule has 3 rings (SSSR count). The summed E-state index contributed by atoms with van der Waals surface area (Å²) in [6.45, 7) is 4.47. The summed E-state index contributed by atoms with van der Waals surface area (Å²) in [6, 6.07) is 6.51. The third kappa shape index (κ3) is 5.09. The highest BCUT2D eigenvalue weighted by Gasteiger charge is 2.20. The van der Waals surface area contributed by atoms with Gasteiger partial charge in [0.2, 0.25) is 5.91 Å². The van der Waals surface area contributed by atoms with Gasteiger partial charge in [0.25, 0.3) is 0 Å². The van der Waals surface area contributed by atoms with Crippen LogP contribution in [-0.2, 0) is 16.1 Å². The Morgan fingerprint density at radius 2 is 2.09 bits per heavy atom. The zero-order chi connectivity index (χ0) is 16.1. The molecule has 1 aromatic carbocycles. The van der Waals surface area contributed by atoms with Crippen molar-refractivity contribution in [2.24, 2.45) is 0 Å². The zero-order valence-electron chi connectivity index (χ0n) is 13.3. The molecular formula is C17H24ClN3O2. The average molecular weight is 338 g/mol. The van der Waals surface area contributed by atoms with Crippen molar-refractivity contribution in [2.75, 3.05) is 37.7 Å². The Bertz CT molecular complexity index is 543. The van der Waals surface area contributed by atoms with Gasteiger partial charge in [-0.25, -0.2) is 0 Å². The Hall–Kier alpha value is -1.30. The number of nitrogens with zero attached hydrogens (tertiary/aromatic N) is 1. The second-order valence-corrected chi connectivity index (χ2v) is 6.56. The number of morpholine rings is 1. The van der Waals surface area contributed by atoms with Gasteiger partial charge in [-0.05, 0) is 36.6 Å². The molecule has 23 heavy (non-hydrogen) atoms. The summed E-state index contributed by atoms with van der Waals surface area (Å²) in [7, 11) is 0. The van der Waals surface area contributed by atoms with Crippen LogP contribution < -0.4 is 15.5 Å². The predicted molar refractivity (Wildman–Crippen MR) is 92.0 cm³/mol. The molecule has 0 radical (unpaired) electrons. The van der Waals surface area contributed by atoms with E-state index in [9.17, 15) is 4.79 Å². The van der Waals surface area contributed by atoms with E-state index in [0.717, 1.165) is 44.1 Å². The van der Waals surface area contributed by atoms with Crippen molar-refractivity contribution in [2.45, 2.75) is 31.8 Å². The Balaban J connectivity index is 1.54. The van der Waals surface area contributed by atoms with E-state index in [1.54, 1.807) is 0 Å². The smallest absolute Gasteiger partial charge is 0.221 e. The third-order valence-electron chi connectivity index (χ3n) is 4.23. The molecule has 5 nitrogen and oxygen atoms in total. The van der Waals surface area contributed by atoms with Crippen LogP contribution in [0, 0.1) is 0 Å². The minimum absolute atomic E-state index is 0.0750. The van der Waals surface area contributed by atoms with Gasteiger partial charge < -0.3 is 20.3 Å². The van der Waals surface area contributed by atoms with Gasteiger partial charge in [-0.15, -0.1) is 0 Å². The summed E-state index contributed by atoms with van der Waals surface area (Å²) in [5.74, 6) is 0.0750. The minimum Gasteiger partial charge on any atom is -0.378 e. The number of halogens is 1. The van der Waals surface area contributed by atoms with Gasteiger partial charge in [0, 0.05) is 49.4 Å². The van der Waals surface area contributed by atoms with Crippen molar-refractivity contribution in [3.63, 3.8) is 0 Å². The molecule has 126 valence electrons. The van der Waals surface area contributed by atoms with E-state index in [1.807, 2.05) is 18.2 Å². The van der Waals surface area contributed by atoms with Crippen LogP contribution >= 0.6 is 11.6 Å². The second kappa shape index (κ2) is 7.99. The summed E-state index contributed by atoms with van der Waals surface area (Å²) < 4.78 is 5.41. The molecule has 1 aliphatic carbocycles. The van der Waals surface area contributed by atoms with Crippen LogP contribution in [0.5, 0.6) is 0 Å². The molecule has 1 saturated carbocycles. The van der Waals surface area contributed by atoms with Crippen LogP contribution in [0.1, 0.15) is 24.8 Å². The van der Waals surface area contributed by atoms with Crippen molar-refractivity contribution in [1.82, 2.24) is 10.6 Å². The second-order valence-electron chi connectivity index (χ2n) is 6.13. The molecule has 0 unspecified atom stereocenters. The molecule has 2 fully saturated rings. The van der Waals surface area contributed by atoms with Crippen molar-refractivity contribution < 1.29 is 9.53 Å². The van der Waals surface area contributed by atoms with Gasteiger partial charge in [-0.1, -0.05) is 11.6 Å². The number of carbonyl (C=O) groups excluding carboxylic acids is 1. The zero-order valence-corrected chi connectivity index (χ0v) is 14.1. The number of ether oxygens (including phenoxy) is 1. The Kier molecular flexibility index (Phi) is 5.75. The van der Waals surface area contributed by atoms with Gasteiger partial charge in [0.1, 0.15) is 0 Å². The monoisotopic (exact) mass is 337 g/mol. The Morgan fingerprint density at radius 1 is 1.30 bits per heavy atom. The maximum Gasteiger partial charge on any atom is 0.221 e. The highest BCUT2D eigenvalue weighted by atomic mass is 35.5. The van der Waals surface area contributed by atoms with Gasteiger partial charge in [0.05, 0.1) is 13.2 Å². The first-order valence-electron chi connectivity index (χ1n) is 8.33. The molecule has 1 aromatic rings. The molecule has 2 aliphatic rings. The Morgan fingerprint density at radius 3 is 2.83 bits per heavy atom. The number of carbonyl (C=O) groups is 1. The van der Waals surface area contributed by atoms with Crippen LogP contribution in [0.4, 0.5) is 5.69 Å².